The smallest absolute Gasteiger partial charge is 0.417 e. The van der Waals surface area contributed by atoms with Crippen LogP contribution in [0.3, 0.4) is 0 Å². The van der Waals surface area contributed by atoms with Gasteiger partial charge in [0.05, 0.1) is 5.70 Å². The van der Waals surface area contributed by atoms with E-state index >= 15 is 0 Å². The molecule has 1 saturated carbocycles. The standard InChI is InChI=1S/C28H34F3N5O2/c1-19(36-16-14-21(15-17-36)20-8-4-3-5-9-20)12-13-22(18-32)33-26(37)24-25(28(29,30)31)34-27(38-24)35(2)23-10-6-7-11-23/h3-5,8-9,12-13,18,21,23H,1,6-7,10-11,14-17,32H2,2H3,(H,33,37)/b13-12-,22-18+. The van der Waals surface area contributed by atoms with Crippen molar-refractivity contribution in [3.8, 4) is 0 Å². The van der Waals surface area contributed by atoms with Crippen molar-refractivity contribution in [2.24, 2.45) is 5.73 Å². The first-order valence-electron chi connectivity index (χ1n) is 12.9. The van der Waals surface area contributed by atoms with Crippen LogP contribution < -0.4 is 16.0 Å². The van der Waals surface area contributed by atoms with Gasteiger partial charge in [-0.2, -0.15) is 18.2 Å². The van der Waals surface area contributed by atoms with Crippen LogP contribution in [0.5, 0.6) is 0 Å². The van der Waals surface area contributed by atoms with Crippen LogP contribution in [0.15, 0.2) is 71.1 Å². The molecule has 38 heavy (non-hydrogen) atoms. The van der Waals surface area contributed by atoms with Gasteiger partial charge in [-0.3, -0.25) is 4.79 Å². The fourth-order valence-corrected chi connectivity index (χ4v) is 5.10. The number of nitrogens with one attached hydrogen (secondary N) is 1. The first-order valence-corrected chi connectivity index (χ1v) is 12.9. The third kappa shape index (κ3) is 6.41. The number of carbonyl (C=O) groups is 1. The molecule has 3 N–H and O–H groups in total. The van der Waals surface area contributed by atoms with Crippen LogP contribution in [0.4, 0.5) is 19.2 Å². The van der Waals surface area contributed by atoms with Crippen molar-refractivity contribution in [3.63, 3.8) is 0 Å². The van der Waals surface area contributed by atoms with Gasteiger partial charge in [-0.25, -0.2) is 0 Å². The normalized spacial score (nSPS) is 17.8. The summed E-state index contributed by atoms with van der Waals surface area (Å²) in [5.74, 6) is -1.48. The molecule has 1 amide bonds. The number of nitrogens with zero attached hydrogens (tertiary/aromatic N) is 3. The molecule has 204 valence electrons. The zero-order chi connectivity index (χ0) is 27.3. The van der Waals surface area contributed by atoms with E-state index < -0.39 is 23.5 Å². The Labute approximate surface area is 220 Å². The number of oxazole rings is 1. The molecule has 4 rings (SSSR count). The Balaban J connectivity index is 1.39. The Hall–Kier alpha value is -3.69. The lowest BCUT2D eigenvalue weighted by Gasteiger charge is -2.34. The molecule has 1 aromatic heterocycles. The Morgan fingerprint density at radius 3 is 2.42 bits per heavy atom. The van der Waals surface area contributed by atoms with Crippen LogP contribution in [0.2, 0.25) is 0 Å². The van der Waals surface area contributed by atoms with E-state index in [1.165, 1.54) is 11.6 Å². The number of aromatic nitrogens is 1. The van der Waals surface area contributed by atoms with E-state index in [0.717, 1.165) is 63.5 Å². The molecule has 0 bridgehead atoms. The SMILES string of the molecule is C=C(/C=C\C(=C/N)NC(=O)c1oc(N(C)C2CCCC2)nc1C(F)(F)F)N1CCC(c2ccccc2)CC1. The van der Waals surface area contributed by atoms with E-state index in [0.29, 0.717) is 5.92 Å². The average Bonchev–Trinajstić information content (AvgIpc) is 3.62. The van der Waals surface area contributed by atoms with Gasteiger partial charge in [0.1, 0.15) is 0 Å². The highest BCUT2D eigenvalue weighted by molar-refractivity contribution is 5.94. The van der Waals surface area contributed by atoms with Crippen molar-refractivity contribution in [1.29, 1.82) is 0 Å². The summed E-state index contributed by atoms with van der Waals surface area (Å²) in [7, 11) is 1.63. The molecule has 7 nitrogen and oxygen atoms in total. The highest BCUT2D eigenvalue weighted by Crippen LogP contribution is 2.36. The van der Waals surface area contributed by atoms with Gasteiger partial charge in [0, 0.05) is 38.1 Å². The summed E-state index contributed by atoms with van der Waals surface area (Å²) >= 11 is 0. The zero-order valence-corrected chi connectivity index (χ0v) is 21.5. The van der Waals surface area contributed by atoms with E-state index in [2.05, 4.69) is 33.9 Å². The molecular weight excluding hydrogens is 495 g/mol. The number of alkyl halides is 3. The van der Waals surface area contributed by atoms with E-state index in [9.17, 15) is 18.0 Å². The molecule has 0 atom stereocenters. The molecule has 0 unspecified atom stereocenters. The Morgan fingerprint density at radius 1 is 1.16 bits per heavy atom. The fraction of sp³-hybridized carbons (Fsp3) is 0.429. The number of piperidine rings is 1. The molecule has 2 aromatic rings. The summed E-state index contributed by atoms with van der Waals surface area (Å²) < 4.78 is 46.4. The predicted molar refractivity (Wildman–Crippen MR) is 140 cm³/mol. The number of nitrogens with two attached hydrogens (primary N) is 1. The molecule has 1 saturated heterocycles. The number of allylic oxidation sites excluding steroid dienone is 2. The highest BCUT2D eigenvalue weighted by atomic mass is 19.4. The summed E-state index contributed by atoms with van der Waals surface area (Å²) in [6.45, 7) is 5.74. The Bertz CT molecular complexity index is 1170. The fourth-order valence-electron chi connectivity index (χ4n) is 5.10. The third-order valence-corrected chi connectivity index (χ3v) is 7.33. The molecule has 1 aromatic carbocycles. The van der Waals surface area contributed by atoms with Gasteiger partial charge in [-0.15, -0.1) is 0 Å². The molecule has 2 fully saturated rings. The first-order chi connectivity index (χ1) is 18.2. The van der Waals surface area contributed by atoms with Gasteiger partial charge in [0.2, 0.25) is 5.76 Å². The van der Waals surface area contributed by atoms with Gasteiger partial charge in [0.25, 0.3) is 11.9 Å². The van der Waals surface area contributed by atoms with Crippen molar-refractivity contribution in [2.75, 3.05) is 25.0 Å². The number of rotatable bonds is 8. The summed E-state index contributed by atoms with van der Waals surface area (Å²) in [5, 5.41) is 2.40. The lowest BCUT2D eigenvalue weighted by atomic mass is 9.89. The van der Waals surface area contributed by atoms with Gasteiger partial charge < -0.3 is 25.3 Å². The van der Waals surface area contributed by atoms with Crippen LogP contribution in [0.25, 0.3) is 0 Å². The largest absolute Gasteiger partial charge is 0.437 e. The topological polar surface area (TPSA) is 87.6 Å². The Morgan fingerprint density at radius 2 is 1.82 bits per heavy atom. The van der Waals surface area contributed by atoms with Crippen LogP contribution in [0, 0.1) is 0 Å². The molecule has 1 aliphatic heterocycles. The number of amides is 1. The predicted octanol–water partition coefficient (Wildman–Crippen LogP) is 5.55. The number of hydrogen-bond donors (Lipinski definition) is 2. The summed E-state index contributed by atoms with van der Waals surface area (Å²) in [4.78, 5) is 20.2. The summed E-state index contributed by atoms with van der Waals surface area (Å²) in [6, 6.07) is 10.2. The monoisotopic (exact) mass is 529 g/mol. The maximum absolute atomic E-state index is 13.7. The highest BCUT2D eigenvalue weighted by Gasteiger charge is 2.42. The molecule has 0 spiro atoms. The van der Waals surface area contributed by atoms with E-state index in [-0.39, 0.29) is 17.8 Å². The van der Waals surface area contributed by atoms with Crippen molar-refractivity contribution >= 4 is 11.9 Å². The van der Waals surface area contributed by atoms with E-state index in [4.69, 9.17) is 10.2 Å². The number of halogens is 3. The zero-order valence-electron chi connectivity index (χ0n) is 21.5. The van der Waals surface area contributed by atoms with Crippen molar-refractivity contribution in [3.05, 3.63) is 83.7 Å². The number of hydrogen-bond acceptors (Lipinski definition) is 6. The average molecular weight is 530 g/mol. The third-order valence-electron chi connectivity index (χ3n) is 7.33. The second-order valence-electron chi connectivity index (χ2n) is 9.79. The van der Waals surface area contributed by atoms with Gasteiger partial charge in [-0.1, -0.05) is 49.8 Å². The molecule has 2 heterocycles. The quantitative estimate of drug-likeness (QED) is 0.436. The van der Waals surface area contributed by atoms with E-state index in [1.807, 2.05) is 18.2 Å². The second-order valence-corrected chi connectivity index (χ2v) is 9.79. The number of benzene rings is 1. The van der Waals surface area contributed by atoms with Crippen LogP contribution in [-0.4, -0.2) is 42.0 Å². The van der Waals surface area contributed by atoms with Crippen LogP contribution in [-0.2, 0) is 6.18 Å². The van der Waals surface area contributed by atoms with Gasteiger partial charge in [0.15, 0.2) is 5.69 Å². The minimum atomic E-state index is -4.85. The van der Waals surface area contributed by atoms with Crippen molar-refractivity contribution < 1.29 is 22.4 Å². The van der Waals surface area contributed by atoms with Crippen molar-refractivity contribution in [2.45, 2.75) is 56.7 Å². The number of carbonyl (C=O) groups excluding carboxylic acids is 1. The summed E-state index contributed by atoms with van der Waals surface area (Å²) in [5.41, 5.74) is 6.46. The van der Waals surface area contributed by atoms with Crippen LogP contribution in [0.1, 0.15) is 66.3 Å². The maximum atomic E-state index is 13.7. The minimum Gasteiger partial charge on any atom is -0.417 e. The van der Waals surface area contributed by atoms with Gasteiger partial charge >= 0.3 is 6.18 Å². The van der Waals surface area contributed by atoms with Crippen molar-refractivity contribution in [1.82, 2.24) is 15.2 Å². The number of anilines is 1. The Kier molecular flexibility index (Phi) is 8.48. The molecule has 2 aliphatic rings. The lowest BCUT2D eigenvalue weighted by molar-refractivity contribution is -0.141. The minimum absolute atomic E-state index is 0.0249. The molecule has 0 radical (unpaired) electrons. The summed E-state index contributed by atoms with van der Waals surface area (Å²) in [6.07, 6.45) is 5.07. The second kappa shape index (κ2) is 11.8. The molecule has 10 heteroatoms. The van der Waals surface area contributed by atoms with E-state index in [1.54, 1.807) is 18.0 Å². The van der Waals surface area contributed by atoms with Crippen LogP contribution >= 0.6 is 0 Å². The first kappa shape index (κ1) is 27.3. The molecular formula is C28H34F3N5O2. The number of likely N-dealkylation sites (tertiary alicyclic amines) is 1. The maximum Gasteiger partial charge on any atom is 0.437 e. The van der Waals surface area contributed by atoms with Gasteiger partial charge in [-0.05, 0) is 49.3 Å². The molecule has 1 aliphatic carbocycles. The lowest BCUT2D eigenvalue weighted by Crippen LogP contribution is -2.31.